The maximum absolute atomic E-state index is 11.9. The second kappa shape index (κ2) is 6.62. The van der Waals surface area contributed by atoms with Crippen molar-refractivity contribution >= 4 is 27.5 Å². The van der Waals surface area contributed by atoms with Crippen LogP contribution in [0.2, 0.25) is 0 Å². The van der Waals surface area contributed by atoms with Crippen molar-refractivity contribution in [1.29, 1.82) is 0 Å². The molecule has 0 bridgehead atoms. The van der Waals surface area contributed by atoms with Crippen LogP contribution in [0, 0.1) is 0 Å². The molecule has 7 heteroatoms. The summed E-state index contributed by atoms with van der Waals surface area (Å²) in [6, 6.07) is 7.44. The number of benzene rings is 1. The third-order valence-corrected chi connectivity index (χ3v) is 3.54. The minimum atomic E-state index is -0.106. The van der Waals surface area contributed by atoms with Gasteiger partial charge < -0.3 is 9.88 Å². The number of nitrogens with one attached hydrogen (secondary N) is 2. The zero-order chi connectivity index (χ0) is 14.5. The summed E-state index contributed by atoms with van der Waals surface area (Å²) in [5.41, 5.74) is 0.755. The average molecular weight is 338 g/mol. The van der Waals surface area contributed by atoms with Crippen molar-refractivity contribution < 1.29 is 4.79 Å². The molecule has 1 aromatic carbocycles. The summed E-state index contributed by atoms with van der Waals surface area (Å²) < 4.78 is 2.68. The summed E-state index contributed by atoms with van der Waals surface area (Å²) in [4.78, 5) is 11.9. The molecule has 106 valence electrons. The van der Waals surface area contributed by atoms with Crippen LogP contribution >= 0.6 is 15.9 Å². The fourth-order valence-corrected chi connectivity index (χ4v) is 2.16. The molecule has 0 aliphatic carbocycles. The van der Waals surface area contributed by atoms with E-state index >= 15 is 0 Å². The maximum atomic E-state index is 11.9. The quantitative estimate of drug-likeness (QED) is 0.873. The Hall–Kier alpha value is -1.73. The lowest BCUT2D eigenvalue weighted by atomic mass is 10.3. The molecule has 0 saturated carbocycles. The molecule has 2 N–H and O–H groups in total. The van der Waals surface area contributed by atoms with E-state index in [1.165, 1.54) is 0 Å². The van der Waals surface area contributed by atoms with Crippen molar-refractivity contribution in [2.45, 2.75) is 13.0 Å². The van der Waals surface area contributed by atoms with E-state index in [-0.39, 0.29) is 18.5 Å². The Kier molecular flexibility index (Phi) is 4.86. The van der Waals surface area contributed by atoms with Gasteiger partial charge in [0.05, 0.1) is 18.3 Å². The number of nitrogens with zero attached hydrogens (tertiary/aromatic N) is 3. The van der Waals surface area contributed by atoms with Gasteiger partial charge >= 0.3 is 0 Å². The number of aryl methyl sites for hydroxylation is 1. The monoisotopic (exact) mass is 337 g/mol. The van der Waals surface area contributed by atoms with Crippen LogP contribution < -0.4 is 10.6 Å². The van der Waals surface area contributed by atoms with Crippen molar-refractivity contribution in [2.24, 2.45) is 7.05 Å². The highest BCUT2D eigenvalue weighted by Crippen LogP contribution is 2.20. The number of amides is 1. The van der Waals surface area contributed by atoms with E-state index < -0.39 is 0 Å². The average Bonchev–Trinajstić information content (AvgIpc) is 2.85. The molecule has 0 spiro atoms. The largest absolute Gasteiger partial charge is 0.324 e. The third-order valence-electron chi connectivity index (χ3n) is 2.85. The first kappa shape index (κ1) is 14.7. The van der Waals surface area contributed by atoms with Gasteiger partial charge in [-0.25, -0.2) is 0 Å². The van der Waals surface area contributed by atoms with Crippen molar-refractivity contribution in [2.75, 3.05) is 11.9 Å². The molecule has 2 aromatic rings. The molecule has 0 aliphatic rings. The smallest absolute Gasteiger partial charge is 0.238 e. The normalized spacial score (nSPS) is 12.2. The molecule has 1 aromatic heterocycles. The van der Waals surface area contributed by atoms with Gasteiger partial charge in [0.1, 0.15) is 12.2 Å². The highest BCUT2D eigenvalue weighted by molar-refractivity contribution is 9.10. The van der Waals surface area contributed by atoms with E-state index in [1.807, 2.05) is 42.8 Å². The second-order valence-electron chi connectivity index (χ2n) is 4.43. The van der Waals surface area contributed by atoms with Gasteiger partial charge in [0, 0.05) is 11.5 Å². The van der Waals surface area contributed by atoms with E-state index in [0.29, 0.717) is 0 Å². The zero-order valence-corrected chi connectivity index (χ0v) is 12.9. The van der Waals surface area contributed by atoms with Gasteiger partial charge in [0.25, 0.3) is 0 Å². The number of carbonyl (C=O) groups is 1. The highest BCUT2D eigenvalue weighted by atomic mass is 79.9. The molecule has 1 atom stereocenters. The van der Waals surface area contributed by atoms with Gasteiger partial charge in [0.15, 0.2) is 0 Å². The summed E-state index contributed by atoms with van der Waals surface area (Å²) in [7, 11) is 1.87. The third kappa shape index (κ3) is 3.64. The van der Waals surface area contributed by atoms with Crippen molar-refractivity contribution in [3.63, 3.8) is 0 Å². The number of hydrogen-bond donors (Lipinski definition) is 2. The van der Waals surface area contributed by atoms with Crippen LogP contribution in [0.15, 0.2) is 35.1 Å². The lowest BCUT2D eigenvalue weighted by molar-refractivity contribution is -0.115. The number of anilines is 1. The molecular formula is C13H16BrN5O. The van der Waals surface area contributed by atoms with Crippen LogP contribution in [0.4, 0.5) is 5.69 Å². The number of hydrogen-bond acceptors (Lipinski definition) is 4. The molecule has 6 nitrogen and oxygen atoms in total. The van der Waals surface area contributed by atoms with Crippen LogP contribution in [0.1, 0.15) is 18.8 Å². The molecule has 0 radical (unpaired) electrons. The predicted molar refractivity (Wildman–Crippen MR) is 80.2 cm³/mol. The second-order valence-corrected chi connectivity index (χ2v) is 5.28. The van der Waals surface area contributed by atoms with Gasteiger partial charge in [-0.15, -0.1) is 10.2 Å². The number of carbonyl (C=O) groups excluding carboxylic acids is 1. The molecule has 2 rings (SSSR count). The molecule has 1 unspecified atom stereocenters. The topological polar surface area (TPSA) is 71.8 Å². The number of para-hydroxylation sites is 1. The number of rotatable bonds is 5. The van der Waals surface area contributed by atoms with Crippen molar-refractivity contribution in [1.82, 2.24) is 20.1 Å². The van der Waals surface area contributed by atoms with E-state index in [1.54, 1.807) is 6.33 Å². The summed E-state index contributed by atoms with van der Waals surface area (Å²) in [6.45, 7) is 2.14. The lowest BCUT2D eigenvalue weighted by Gasteiger charge is -2.13. The van der Waals surface area contributed by atoms with Gasteiger partial charge in [-0.1, -0.05) is 12.1 Å². The summed E-state index contributed by atoms with van der Waals surface area (Å²) >= 11 is 3.39. The summed E-state index contributed by atoms with van der Waals surface area (Å²) in [5, 5.41) is 13.8. The Morgan fingerprint density at radius 3 is 2.85 bits per heavy atom. The standard InChI is InChI=1S/C13H16BrN5O/c1-9(13-18-16-8-19(13)2)15-7-12(20)17-11-6-4-3-5-10(11)14/h3-6,8-9,15H,7H2,1-2H3,(H,17,20). The van der Waals surface area contributed by atoms with Crippen LogP contribution in [0.3, 0.4) is 0 Å². The van der Waals surface area contributed by atoms with Crippen LogP contribution in [0.25, 0.3) is 0 Å². The molecule has 0 fully saturated rings. The van der Waals surface area contributed by atoms with Gasteiger partial charge in [0.2, 0.25) is 5.91 Å². The lowest BCUT2D eigenvalue weighted by Crippen LogP contribution is -2.31. The van der Waals surface area contributed by atoms with Crippen LogP contribution in [-0.2, 0) is 11.8 Å². The number of aromatic nitrogens is 3. The van der Waals surface area contributed by atoms with Gasteiger partial charge in [-0.3, -0.25) is 10.1 Å². The van der Waals surface area contributed by atoms with Gasteiger partial charge in [-0.05, 0) is 35.0 Å². The highest BCUT2D eigenvalue weighted by Gasteiger charge is 2.12. The SMILES string of the molecule is CC(NCC(=O)Nc1ccccc1Br)c1nncn1C. The first-order valence-electron chi connectivity index (χ1n) is 6.19. The van der Waals surface area contributed by atoms with Crippen molar-refractivity contribution in [3.8, 4) is 0 Å². The first-order chi connectivity index (χ1) is 9.58. The Morgan fingerprint density at radius 1 is 1.45 bits per heavy atom. The molecule has 0 saturated heterocycles. The van der Waals surface area contributed by atoms with E-state index in [2.05, 4.69) is 36.8 Å². The molecular weight excluding hydrogens is 322 g/mol. The molecule has 0 aliphatic heterocycles. The number of halogens is 1. The molecule has 1 heterocycles. The fourth-order valence-electron chi connectivity index (χ4n) is 1.78. The Balaban J connectivity index is 1.87. The molecule has 1 amide bonds. The summed E-state index contributed by atoms with van der Waals surface area (Å²) in [5.74, 6) is 0.685. The minimum absolute atomic E-state index is 0.0486. The predicted octanol–water partition coefficient (Wildman–Crippen LogP) is 1.87. The van der Waals surface area contributed by atoms with Crippen LogP contribution in [0.5, 0.6) is 0 Å². The van der Waals surface area contributed by atoms with E-state index in [4.69, 9.17) is 0 Å². The van der Waals surface area contributed by atoms with E-state index in [9.17, 15) is 4.79 Å². The zero-order valence-electron chi connectivity index (χ0n) is 11.3. The maximum Gasteiger partial charge on any atom is 0.238 e. The van der Waals surface area contributed by atoms with Gasteiger partial charge in [-0.2, -0.15) is 0 Å². The Morgan fingerprint density at radius 2 is 2.20 bits per heavy atom. The summed E-state index contributed by atoms with van der Waals surface area (Å²) in [6.07, 6.45) is 1.63. The Labute approximate surface area is 125 Å². The molecule has 20 heavy (non-hydrogen) atoms. The Bertz CT molecular complexity index is 598. The van der Waals surface area contributed by atoms with Crippen LogP contribution in [-0.4, -0.2) is 27.2 Å². The minimum Gasteiger partial charge on any atom is -0.324 e. The fraction of sp³-hybridized carbons (Fsp3) is 0.308. The van der Waals surface area contributed by atoms with Crippen molar-refractivity contribution in [3.05, 3.63) is 40.9 Å². The van der Waals surface area contributed by atoms with E-state index in [0.717, 1.165) is 16.0 Å². The first-order valence-corrected chi connectivity index (χ1v) is 6.99.